The topological polar surface area (TPSA) is 131 Å². The largest absolute Gasteiger partial charge is 0.489 e. The van der Waals surface area contributed by atoms with Gasteiger partial charge in [0.2, 0.25) is 5.91 Å². The number of primary amides is 1. The Morgan fingerprint density at radius 3 is 2.40 bits per heavy atom. The summed E-state index contributed by atoms with van der Waals surface area (Å²) in [6.07, 6.45) is 3.43. The summed E-state index contributed by atoms with van der Waals surface area (Å²) >= 11 is 0. The van der Waals surface area contributed by atoms with Gasteiger partial charge in [0.25, 0.3) is 5.91 Å². The molecule has 11 nitrogen and oxygen atoms in total. The predicted octanol–water partition coefficient (Wildman–Crippen LogP) is 3.87. The van der Waals surface area contributed by atoms with Crippen molar-refractivity contribution in [2.24, 2.45) is 5.73 Å². The average Bonchev–Trinajstić information content (AvgIpc) is 3.36. The van der Waals surface area contributed by atoms with Gasteiger partial charge in [-0.15, -0.1) is 0 Å². The summed E-state index contributed by atoms with van der Waals surface area (Å²) in [5.74, 6) is 0.138. The van der Waals surface area contributed by atoms with Gasteiger partial charge in [-0.3, -0.25) is 19.3 Å². The molecular weight excluding hydrogens is 572 g/mol. The second kappa shape index (κ2) is 13.6. The van der Waals surface area contributed by atoms with Crippen LogP contribution >= 0.6 is 0 Å². The molecule has 2 aromatic carbocycles. The minimum absolute atomic E-state index is 0.0255. The van der Waals surface area contributed by atoms with Crippen molar-refractivity contribution in [3.05, 3.63) is 83.3 Å². The second-order valence-electron chi connectivity index (χ2n) is 12.6. The fraction of sp³-hybridized carbons (Fsp3) is 0.441. The summed E-state index contributed by atoms with van der Waals surface area (Å²) in [7, 11) is 0. The number of piperazine rings is 1. The summed E-state index contributed by atoms with van der Waals surface area (Å²) in [6, 6.07) is 15.0. The summed E-state index contributed by atoms with van der Waals surface area (Å²) in [6.45, 7) is 11.8. The maximum Gasteiger partial charge on any atom is 0.306 e. The number of hydrogen-bond acceptors (Lipinski definition) is 9. The Morgan fingerprint density at radius 1 is 1.02 bits per heavy atom. The van der Waals surface area contributed by atoms with Gasteiger partial charge in [0, 0.05) is 56.0 Å². The Kier molecular flexibility index (Phi) is 9.67. The second-order valence-corrected chi connectivity index (χ2v) is 12.6. The Balaban J connectivity index is 1.17. The molecule has 2 aliphatic rings. The minimum Gasteiger partial charge on any atom is -0.489 e. The quantitative estimate of drug-likeness (QED) is 0.320. The molecule has 2 aliphatic heterocycles. The molecule has 2 amide bonds. The number of esters is 1. The molecule has 2 N–H and O–H groups in total. The van der Waals surface area contributed by atoms with E-state index in [1.807, 2.05) is 12.1 Å². The first-order chi connectivity index (χ1) is 21.5. The number of fused-ring (bicyclic) bond motifs is 1. The lowest BCUT2D eigenvalue weighted by molar-refractivity contribution is -0.155. The van der Waals surface area contributed by atoms with Crippen molar-refractivity contribution in [2.45, 2.75) is 71.4 Å². The van der Waals surface area contributed by atoms with E-state index in [4.69, 9.17) is 15.2 Å². The van der Waals surface area contributed by atoms with E-state index >= 15 is 0 Å². The van der Waals surface area contributed by atoms with Crippen LogP contribution in [0.15, 0.2) is 61.1 Å². The van der Waals surface area contributed by atoms with Crippen LogP contribution in [0.3, 0.4) is 0 Å². The zero-order valence-corrected chi connectivity index (χ0v) is 26.4. The molecule has 0 saturated carbocycles. The summed E-state index contributed by atoms with van der Waals surface area (Å²) in [5, 5.41) is 0. The first kappa shape index (κ1) is 31.9. The van der Waals surface area contributed by atoms with Crippen LogP contribution in [0.5, 0.6) is 5.75 Å². The van der Waals surface area contributed by atoms with Crippen LogP contribution in [0.1, 0.15) is 73.6 Å². The van der Waals surface area contributed by atoms with Crippen molar-refractivity contribution in [2.75, 3.05) is 31.1 Å². The summed E-state index contributed by atoms with van der Waals surface area (Å²) in [4.78, 5) is 52.5. The predicted molar refractivity (Wildman–Crippen MR) is 169 cm³/mol. The average molecular weight is 615 g/mol. The molecule has 45 heavy (non-hydrogen) atoms. The van der Waals surface area contributed by atoms with Gasteiger partial charge < -0.3 is 25.0 Å². The van der Waals surface area contributed by atoms with Crippen LogP contribution < -0.4 is 15.4 Å². The van der Waals surface area contributed by atoms with E-state index in [0.29, 0.717) is 23.5 Å². The SMILES string of the molecule is CC(c1ccc(COc2cccc3c2CN(C(CCC(=O)OC(C)(C)C)C(N)=O)C3=O)cc1)N1CCN(c2ccncn2)CC1. The molecule has 2 unspecified atom stereocenters. The molecule has 1 fully saturated rings. The number of aromatic nitrogens is 2. The monoisotopic (exact) mass is 614 g/mol. The Labute approximate surface area is 264 Å². The van der Waals surface area contributed by atoms with E-state index in [9.17, 15) is 14.4 Å². The van der Waals surface area contributed by atoms with E-state index in [2.05, 4.69) is 51.0 Å². The third kappa shape index (κ3) is 7.78. The molecule has 0 spiro atoms. The number of rotatable bonds is 11. The third-order valence-corrected chi connectivity index (χ3v) is 8.31. The van der Waals surface area contributed by atoms with Gasteiger partial charge >= 0.3 is 5.97 Å². The van der Waals surface area contributed by atoms with Crippen LogP contribution in [-0.2, 0) is 27.5 Å². The maximum atomic E-state index is 13.3. The van der Waals surface area contributed by atoms with Gasteiger partial charge in [0.05, 0.1) is 6.54 Å². The number of anilines is 1. The lowest BCUT2D eigenvalue weighted by Crippen LogP contribution is -2.47. The molecule has 0 aliphatic carbocycles. The fourth-order valence-electron chi connectivity index (χ4n) is 5.89. The normalized spacial score (nSPS) is 16.7. The van der Waals surface area contributed by atoms with Crippen molar-refractivity contribution in [3.8, 4) is 5.75 Å². The van der Waals surface area contributed by atoms with Crippen LogP contribution in [0, 0.1) is 0 Å². The number of amides is 2. The maximum absolute atomic E-state index is 13.3. The summed E-state index contributed by atoms with van der Waals surface area (Å²) in [5.41, 5.74) is 8.46. The first-order valence-corrected chi connectivity index (χ1v) is 15.4. The van der Waals surface area contributed by atoms with Crippen molar-refractivity contribution < 1.29 is 23.9 Å². The highest BCUT2D eigenvalue weighted by Crippen LogP contribution is 2.34. The highest BCUT2D eigenvalue weighted by atomic mass is 16.6. The molecule has 1 aromatic heterocycles. The van der Waals surface area contributed by atoms with E-state index in [1.54, 1.807) is 45.4 Å². The van der Waals surface area contributed by atoms with E-state index in [0.717, 1.165) is 37.6 Å². The molecule has 0 radical (unpaired) electrons. The number of benzene rings is 2. The third-order valence-electron chi connectivity index (χ3n) is 8.31. The molecule has 5 rings (SSSR count). The lowest BCUT2D eigenvalue weighted by atomic mass is 10.0. The van der Waals surface area contributed by atoms with Gasteiger partial charge in [-0.1, -0.05) is 30.3 Å². The van der Waals surface area contributed by atoms with Crippen molar-refractivity contribution in [1.82, 2.24) is 19.8 Å². The molecular formula is C34H42N6O5. The Bertz CT molecular complexity index is 1500. The Morgan fingerprint density at radius 2 is 1.76 bits per heavy atom. The zero-order chi connectivity index (χ0) is 32.1. The van der Waals surface area contributed by atoms with E-state index in [1.165, 1.54) is 10.5 Å². The number of nitrogens with two attached hydrogens (primary N) is 1. The zero-order valence-electron chi connectivity index (χ0n) is 26.4. The van der Waals surface area contributed by atoms with Crippen molar-refractivity contribution >= 4 is 23.6 Å². The molecule has 3 heterocycles. The van der Waals surface area contributed by atoms with Crippen molar-refractivity contribution in [1.29, 1.82) is 0 Å². The van der Waals surface area contributed by atoms with Crippen LogP contribution in [0.4, 0.5) is 5.82 Å². The molecule has 2 atom stereocenters. The smallest absolute Gasteiger partial charge is 0.306 e. The van der Waals surface area contributed by atoms with Crippen LogP contribution in [-0.4, -0.2) is 75.4 Å². The van der Waals surface area contributed by atoms with E-state index < -0.39 is 23.5 Å². The number of carbonyl (C=O) groups excluding carboxylic acids is 3. The van der Waals surface area contributed by atoms with E-state index in [-0.39, 0.29) is 31.3 Å². The molecule has 3 aromatic rings. The molecule has 1 saturated heterocycles. The minimum atomic E-state index is -0.935. The number of carbonyl (C=O) groups is 3. The molecule has 238 valence electrons. The fourth-order valence-corrected chi connectivity index (χ4v) is 5.89. The number of ether oxygens (including phenoxy) is 2. The van der Waals surface area contributed by atoms with Gasteiger partial charge in [0.1, 0.15) is 36.1 Å². The highest BCUT2D eigenvalue weighted by molar-refractivity contribution is 6.01. The standard InChI is InChI=1S/C34H42N6O5/c1-23(38-16-18-39(19-17-38)30-14-15-36-22-37-30)25-10-8-24(9-11-25)21-44-29-7-5-6-26-27(29)20-40(33(26)43)28(32(35)42)12-13-31(41)45-34(2,3)4/h5-11,14-15,22-23,28H,12-13,16-21H2,1-4H3,(H2,35,42). The van der Waals surface area contributed by atoms with Gasteiger partial charge in [0.15, 0.2) is 0 Å². The van der Waals surface area contributed by atoms with Crippen LogP contribution in [0.2, 0.25) is 0 Å². The van der Waals surface area contributed by atoms with Crippen LogP contribution in [0.25, 0.3) is 0 Å². The summed E-state index contributed by atoms with van der Waals surface area (Å²) < 4.78 is 11.6. The van der Waals surface area contributed by atoms with Gasteiger partial charge in [-0.05, 0) is 63.4 Å². The highest BCUT2D eigenvalue weighted by Gasteiger charge is 2.37. The lowest BCUT2D eigenvalue weighted by Gasteiger charge is -2.38. The first-order valence-electron chi connectivity index (χ1n) is 15.4. The number of hydrogen-bond donors (Lipinski definition) is 1. The van der Waals surface area contributed by atoms with Crippen molar-refractivity contribution in [3.63, 3.8) is 0 Å². The Hall–Kier alpha value is -4.51. The molecule has 0 bridgehead atoms. The molecule has 11 heteroatoms. The van der Waals surface area contributed by atoms with Gasteiger partial charge in [-0.2, -0.15) is 0 Å². The van der Waals surface area contributed by atoms with Gasteiger partial charge in [-0.25, -0.2) is 9.97 Å². The number of nitrogens with zero attached hydrogens (tertiary/aromatic N) is 5.